The largest absolute Gasteiger partial charge is 0.480 e. The Balaban J connectivity index is 2.10. The lowest BCUT2D eigenvalue weighted by Gasteiger charge is -2.10. The van der Waals surface area contributed by atoms with Gasteiger partial charge in [-0.05, 0) is 24.3 Å². The van der Waals surface area contributed by atoms with Gasteiger partial charge in [0.25, 0.3) is 0 Å². The molecule has 0 aliphatic carbocycles. The Kier molecular flexibility index (Phi) is 2.76. The molecule has 1 saturated heterocycles. The van der Waals surface area contributed by atoms with E-state index in [9.17, 15) is 4.79 Å². The summed E-state index contributed by atoms with van der Waals surface area (Å²) in [6.45, 7) is 0. The Morgan fingerprint density at radius 1 is 1.64 bits per heavy atom. The number of thiophene rings is 1. The highest BCUT2D eigenvalue weighted by atomic mass is 35.5. The van der Waals surface area contributed by atoms with Gasteiger partial charge in [0.1, 0.15) is 6.04 Å². The van der Waals surface area contributed by atoms with Crippen molar-refractivity contribution >= 4 is 28.9 Å². The smallest absolute Gasteiger partial charge is 0.320 e. The summed E-state index contributed by atoms with van der Waals surface area (Å²) in [5.41, 5.74) is 0. The maximum atomic E-state index is 10.7. The van der Waals surface area contributed by atoms with Crippen molar-refractivity contribution in [1.29, 1.82) is 0 Å². The molecule has 2 atom stereocenters. The first kappa shape index (κ1) is 9.96. The first-order valence-electron chi connectivity index (χ1n) is 4.40. The summed E-state index contributed by atoms with van der Waals surface area (Å²) in [7, 11) is 0. The number of carboxylic acid groups (broad SMARTS) is 1. The Morgan fingerprint density at radius 3 is 2.93 bits per heavy atom. The molecule has 2 N–H and O–H groups in total. The highest BCUT2D eigenvalue weighted by Crippen LogP contribution is 2.35. The SMILES string of the molecule is O=C(O)[C@H]1CC[C@H](c2sccc2Cl)N1. The Morgan fingerprint density at radius 2 is 2.43 bits per heavy atom. The topological polar surface area (TPSA) is 49.3 Å². The molecular formula is C9H10ClNO2S. The number of aliphatic carboxylic acids is 1. The fraction of sp³-hybridized carbons (Fsp3) is 0.444. The Bertz CT molecular complexity index is 352. The summed E-state index contributed by atoms with van der Waals surface area (Å²) in [6, 6.07) is 1.54. The average Bonchev–Trinajstić information content (AvgIpc) is 2.71. The number of carboxylic acids is 1. The number of hydrogen-bond donors (Lipinski definition) is 2. The summed E-state index contributed by atoms with van der Waals surface area (Å²) in [4.78, 5) is 11.8. The summed E-state index contributed by atoms with van der Waals surface area (Å²) in [5.74, 6) is -0.778. The van der Waals surface area contributed by atoms with Crippen LogP contribution in [0, 0.1) is 0 Å². The average molecular weight is 232 g/mol. The van der Waals surface area contributed by atoms with Crippen LogP contribution in [0.4, 0.5) is 0 Å². The van der Waals surface area contributed by atoms with E-state index in [0.717, 1.165) is 16.3 Å². The van der Waals surface area contributed by atoms with E-state index >= 15 is 0 Å². The van der Waals surface area contributed by atoms with Gasteiger partial charge in [0.05, 0.1) is 5.02 Å². The second-order valence-electron chi connectivity index (χ2n) is 3.32. The van der Waals surface area contributed by atoms with E-state index in [1.807, 2.05) is 11.4 Å². The maximum absolute atomic E-state index is 10.7. The summed E-state index contributed by atoms with van der Waals surface area (Å²) >= 11 is 7.54. The van der Waals surface area contributed by atoms with E-state index in [2.05, 4.69) is 5.32 Å². The number of hydrogen-bond acceptors (Lipinski definition) is 3. The molecule has 0 spiro atoms. The van der Waals surface area contributed by atoms with Crippen LogP contribution in [0.5, 0.6) is 0 Å². The second kappa shape index (κ2) is 3.88. The predicted molar refractivity (Wildman–Crippen MR) is 55.9 cm³/mol. The summed E-state index contributed by atoms with van der Waals surface area (Å²) < 4.78 is 0. The Hall–Kier alpha value is -0.580. The maximum Gasteiger partial charge on any atom is 0.320 e. The molecule has 2 rings (SSSR count). The van der Waals surface area contributed by atoms with Crippen molar-refractivity contribution in [2.75, 3.05) is 0 Å². The van der Waals surface area contributed by atoms with Gasteiger partial charge in [0.2, 0.25) is 0 Å². The first-order chi connectivity index (χ1) is 6.68. The standard InChI is InChI=1S/C9H10ClNO2S/c10-5-3-4-14-8(5)6-1-2-7(11-6)9(12)13/h3-4,6-7,11H,1-2H2,(H,12,13)/t6-,7-/m1/s1. The van der Waals surface area contributed by atoms with Gasteiger partial charge < -0.3 is 5.11 Å². The van der Waals surface area contributed by atoms with E-state index in [1.165, 1.54) is 0 Å². The molecule has 1 aromatic heterocycles. The fourth-order valence-corrected chi connectivity index (χ4v) is 2.98. The molecule has 2 heterocycles. The van der Waals surface area contributed by atoms with Crippen LogP contribution < -0.4 is 5.32 Å². The van der Waals surface area contributed by atoms with Crippen LogP contribution in [0.15, 0.2) is 11.4 Å². The lowest BCUT2D eigenvalue weighted by atomic mass is 10.2. The van der Waals surface area contributed by atoms with Crippen LogP contribution in [0.1, 0.15) is 23.8 Å². The third-order valence-electron chi connectivity index (χ3n) is 2.41. The van der Waals surface area contributed by atoms with Gasteiger partial charge in [-0.3, -0.25) is 10.1 Å². The van der Waals surface area contributed by atoms with Crippen LogP contribution in [-0.4, -0.2) is 17.1 Å². The monoisotopic (exact) mass is 231 g/mol. The van der Waals surface area contributed by atoms with E-state index in [1.54, 1.807) is 11.3 Å². The third-order valence-corrected chi connectivity index (χ3v) is 3.88. The molecule has 0 radical (unpaired) electrons. The van der Waals surface area contributed by atoms with Crippen LogP contribution in [0.2, 0.25) is 5.02 Å². The van der Waals surface area contributed by atoms with Gasteiger partial charge in [-0.15, -0.1) is 11.3 Å². The van der Waals surface area contributed by atoms with Crippen molar-refractivity contribution in [3.8, 4) is 0 Å². The predicted octanol–water partition coefficient (Wildman–Crippen LogP) is 2.28. The molecule has 0 saturated carbocycles. The van der Waals surface area contributed by atoms with E-state index in [-0.39, 0.29) is 6.04 Å². The van der Waals surface area contributed by atoms with Crippen LogP contribution >= 0.6 is 22.9 Å². The molecule has 1 aliphatic heterocycles. The molecule has 0 unspecified atom stereocenters. The third kappa shape index (κ3) is 1.78. The van der Waals surface area contributed by atoms with Crippen molar-refractivity contribution < 1.29 is 9.90 Å². The molecule has 76 valence electrons. The minimum atomic E-state index is -0.778. The van der Waals surface area contributed by atoms with Gasteiger partial charge in [-0.1, -0.05) is 11.6 Å². The Labute approximate surface area is 90.7 Å². The highest BCUT2D eigenvalue weighted by molar-refractivity contribution is 7.10. The molecular weight excluding hydrogens is 222 g/mol. The molecule has 1 fully saturated rings. The minimum absolute atomic E-state index is 0.114. The molecule has 0 aromatic carbocycles. The number of rotatable bonds is 2. The van der Waals surface area contributed by atoms with Crippen LogP contribution in [0.3, 0.4) is 0 Å². The first-order valence-corrected chi connectivity index (χ1v) is 5.66. The lowest BCUT2D eigenvalue weighted by molar-refractivity contribution is -0.139. The molecule has 0 bridgehead atoms. The van der Waals surface area contributed by atoms with Gasteiger partial charge in [-0.2, -0.15) is 0 Å². The number of halogens is 1. The zero-order valence-corrected chi connectivity index (χ0v) is 8.94. The summed E-state index contributed by atoms with van der Waals surface area (Å²) in [5, 5.41) is 14.5. The van der Waals surface area contributed by atoms with Crippen molar-refractivity contribution in [3.63, 3.8) is 0 Å². The zero-order chi connectivity index (χ0) is 10.1. The van der Waals surface area contributed by atoms with Crippen LogP contribution in [-0.2, 0) is 4.79 Å². The molecule has 5 heteroatoms. The van der Waals surface area contributed by atoms with E-state index < -0.39 is 12.0 Å². The molecule has 1 aromatic rings. The number of nitrogens with one attached hydrogen (secondary N) is 1. The molecule has 14 heavy (non-hydrogen) atoms. The van der Waals surface area contributed by atoms with E-state index in [0.29, 0.717) is 6.42 Å². The van der Waals surface area contributed by atoms with Gasteiger partial charge in [-0.25, -0.2) is 0 Å². The summed E-state index contributed by atoms with van der Waals surface area (Å²) in [6.07, 6.45) is 1.52. The van der Waals surface area contributed by atoms with Gasteiger partial charge >= 0.3 is 5.97 Å². The minimum Gasteiger partial charge on any atom is -0.480 e. The van der Waals surface area contributed by atoms with E-state index in [4.69, 9.17) is 16.7 Å². The number of carbonyl (C=O) groups is 1. The van der Waals surface area contributed by atoms with Crippen molar-refractivity contribution in [2.24, 2.45) is 0 Å². The van der Waals surface area contributed by atoms with Gasteiger partial charge in [0, 0.05) is 10.9 Å². The molecule has 1 aliphatic rings. The van der Waals surface area contributed by atoms with Crippen molar-refractivity contribution in [1.82, 2.24) is 5.32 Å². The molecule has 3 nitrogen and oxygen atoms in total. The lowest BCUT2D eigenvalue weighted by Crippen LogP contribution is -2.31. The van der Waals surface area contributed by atoms with Crippen molar-refractivity contribution in [2.45, 2.75) is 24.9 Å². The second-order valence-corrected chi connectivity index (χ2v) is 4.68. The van der Waals surface area contributed by atoms with Gasteiger partial charge in [0.15, 0.2) is 0 Å². The van der Waals surface area contributed by atoms with Crippen LogP contribution in [0.25, 0.3) is 0 Å². The fourth-order valence-electron chi connectivity index (χ4n) is 1.70. The van der Waals surface area contributed by atoms with Crippen molar-refractivity contribution in [3.05, 3.63) is 21.3 Å². The normalized spacial score (nSPS) is 26.6. The quantitative estimate of drug-likeness (QED) is 0.821. The molecule has 0 amide bonds. The highest BCUT2D eigenvalue weighted by Gasteiger charge is 2.31. The zero-order valence-electron chi connectivity index (χ0n) is 7.37.